The molecule has 1 aromatic heterocycles. The first kappa shape index (κ1) is 40.8. The van der Waals surface area contributed by atoms with Crippen molar-refractivity contribution in [3.8, 4) is 11.3 Å². The molecule has 2 aromatic rings. The number of alkyl halides is 1. The predicted molar refractivity (Wildman–Crippen MR) is 194 cm³/mol. The number of Topliss-reactive ketones (excluding diaryl/α,β-unsaturated/α-hetero) is 1. The molecule has 1 fully saturated rings. The van der Waals surface area contributed by atoms with E-state index in [0.29, 0.717) is 50.1 Å². The van der Waals surface area contributed by atoms with Crippen LogP contribution >= 0.6 is 0 Å². The first-order valence-electron chi connectivity index (χ1n) is 17.5. The molecule has 0 unspecified atom stereocenters. The Labute approximate surface area is 296 Å². The van der Waals surface area contributed by atoms with Crippen molar-refractivity contribution in [2.45, 2.75) is 115 Å². The van der Waals surface area contributed by atoms with E-state index in [0.717, 1.165) is 12.5 Å². The Hall–Kier alpha value is -3.62. The summed E-state index contributed by atoms with van der Waals surface area (Å²) >= 11 is 0. The van der Waals surface area contributed by atoms with Crippen LogP contribution in [0.15, 0.2) is 43.1 Å². The highest BCUT2D eigenvalue weighted by Gasteiger charge is 2.53. The zero-order valence-corrected chi connectivity index (χ0v) is 30.9. The molecule has 0 radical (unpaired) electrons. The second kappa shape index (κ2) is 17.1. The number of hydrogen-bond donors (Lipinski definition) is 3. The maximum Gasteiger partial charge on any atom is 0.351 e. The average Bonchev–Trinajstić information content (AvgIpc) is 3.55. The molecule has 14 heteroatoms. The number of amides is 1. The van der Waals surface area contributed by atoms with E-state index in [1.165, 1.54) is 17.9 Å². The number of carbonyl (C=O) groups is 3. The number of aromatic nitrogens is 3. The number of methoxy groups -OCH3 is 1. The molecule has 4 N–H and O–H groups in total. The second-order valence-electron chi connectivity index (χ2n) is 14.6. The molecular formula is C36H56BFN6O6. The van der Waals surface area contributed by atoms with Gasteiger partial charge in [-0.15, -0.1) is 11.7 Å². The van der Waals surface area contributed by atoms with Gasteiger partial charge in [0.1, 0.15) is 25.2 Å². The third-order valence-corrected chi connectivity index (χ3v) is 10.6. The van der Waals surface area contributed by atoms with Crippen LogP contribution in [-0.4, -0.2) is 106 Å². The lowest BCUT2D eigenvalue weighted by Gasteiger charge is -2.46. The van der Waals surface area contributed by atoms with E-state index in [1.54, 1.807) is 24.8 Å². The molecule has 1 saturated heterocycles. The Morgan fingerprint density at radius 1 is 1.26 bits per heavy atom. The standard InChI is InChI=1S/C36H56BFN6O6/c1-9-13-29-36(7,48)31(43(22-45)16-10-11-17-44-21-28(41-42-44)26-14-12-15-27(39)18-26)25(4)40-20-23(2)19-34(5,49-8)30(37)24(3)32(46)35(6,38)33(47)50-29/h9,12,14-15,18,21-25,29-31,40,48H,1,10-11,13,16-17,19-20,37,39H2,2-8H3/t23-,24-,25-,29-,30-,31-,34-,35+,36-/m1/s1. The van der Waals surface area contributed by atoms with Crippen molar-refractivity contribution in [3.05, 3.63) is 43.1 Å². The number of ketones is 1. The van der Waals surface area contributed by atoms with Gasteiger partial charge >= 0.3 is 5.97 Å². The summed E-state index contributed by atoms with van der Waals surface area (Å²) in [6.45, 7) is 14.8. The number of halogens is 1. The summed E-state index contributed by atoms with van der Waals surface area (Å²) in [4.78, 5) is 41.2. The van der Waals surface area contributed by atoms with E-state index in [-0.39, 0.29) is 18.9 Å². The number of rotatable bonds is 11. The topological polar surface area (TPSA) is 162 Å². The van der Waals surface area contributed by atoms with Gasteiger partial charge in [0.05, 0.1) is 17.8 Å². The Morgan fingerprint density at radius 3 is 2.58 bits per heavy atom. The zero-order valence-electron chi connectivity index (χ0n) is 30.9. The first-order chi connectivity index (χ1) is 23.4. The smallest absolute Gasteiger partial charge is 0.351 e. The van der Waals surface area contributed by atoms with Crippen LogP contribution in [0.1, 0.15) is 67.2 Å². The van der Waals surface area contributed by atoms with Gasteiger partial charge in [-0.05, 0) is 77.4 Å². The average molecular weight is 699 g/mol. The van der Waals surface area contributed by atoms with Gasteiger partial charge in [-0.3, -0.25) is 14.3 Å². The van der Waals surface area contributed by atoms with Crippen LogP contribution in [0.3, 0.4) is 0 Å². The number of hydrogen-bond acceptors (Lipinski definition) is 10. The van der Waals surface area contributed by atoms with Gasteiger partial charge in [0.2, 0.25) is 6.41 Å². The molecule has 0 bridgehead atoms. The van der Waals surface area contributed by atoms with E-state index >= 15 is 4.39 Å². The van der Waals surface area contributed by atoms with Gasteiger partial charge in [-0.2, -0.15) is 0 Å². The molecule has 1 amide bonds. The van der Waals surface area contributed by atoms with Crippen molar-refractivity contribution in [2.75, 3.05) is 25.9 Å². The second-order valence-corrected chi connectivity index (χ2v) is 14.6. The number of esters is 1. The fourth-order valence-electron chi connectivity index (χ4n) is 7.18. The number of nitrogens with two attached hydrogens (primary N) is 1. The van der Waals surface area contributed by atoms with E-state index < -0.39 is 58.5 Å². The van der Waals surface area contributed by atoms with Crippen LogP contribution in [0, 0.1) is 11.8 Å². The minimum absolute atomic E-state index is 0.0195. The van der Waals surface area contributed by atoms with Gasteiger partial charge in [0, 0.05) is 49.8 Å². The lowest BCUT2D eigenvalue weighted by molar-refractivity contribution is -0.186. The Morgan fingerprint density at radius 2 is 1.96 bits per heavy atom. The van der Waals surface area contributed by atoms with Crippen LogP contribution in [0.4, 0.5) is 10.1 Å². The zero-order chi connectivity index (χ0) is 37.4. The normalized spacial score (nSPS) is 33.1. The van der Waals surface area contributed by atoms with Crippen LogP contribution in [0.25, 0.3) is 11.3 Å². The number of benzene rings is 1. The SMILES string of the molecule is B[C@@H]1[C@@H](C)C(=O)[C@](C)(F)C(=O)O[C@H](CC=C)[C@@](C)(O)[C@H](N(C=O)CCCCn2cc(-c3cccc(N)c3)nn2)[C@@H](C)NC[C@H](C)C[C@@]1(C)OC. The number of aliphatic hydroxyl groups is 1. The Kier molecular flexibility index (Phi) is 13.9. The molecule has 50 heavy (non-hydrogen) atoms. The quantitative estimate of drug-likeness (QED) is 0.0605. The van der Waals surface area contributed by atoms with E-state index in [2.05, 4.69) is 22.2 Å². The molecule has 1 aromatic carbocycles. The molecule has 0 saturated carbocycles. The fraction of sp³-hybridized carbons (Fsp3) is 0.639. The molecule has 0 aliphatic carbocycles. The third kappa shape index (κ3) is 9.38. The van der Waals surface area contributed by atoms with Gasteiger partial charge < -0.3 is 30.5 Å². The summed E-state index contributed by atoms with van der Waals surface area (Å²) in [6, 6.07) is 5.95. The van der Waals surface area contributed by atoms with Crippen molar-refractivity contribution in [2.24, 2.45) is 11.8 Å². The highest BCUT2D eigenvalue weighted by Crippen LogP contribution is 2.39. The van der Waals surface area contributed by atoms with Gasteiger partial charge in [-0.1, -0.05) is 37.3 Å². The lowest BCUT2D eigenvalue weighted by atomic mass is 9.62. The Balaban J connectivity index is 1.90. The summed E-state index contributed by atoms with van der Waals surface area (Å²) in [7, 11) is 3.38. The number of anilines is 1. The largest absolute Gasteiger partial charge is 0.456 e. The molecule has 2 heterocycles. The molecule has 0 spiro atoms. The maximum atomic E-state index is 16.2. The van der Waals surface area contributed by atoms with Crippen molar-refractivity contribution >= 4 is 31.7 Å². The van der Waals surface area contributed by atoms with Crippen LogP contribution in [-0.2, 0) is 30.4 Å². The van der Waals surface area contributed by atoms with E-state index in [4.69, 9.17) is 15.2 Å². The van der Waals surface area contributed by atoms with Crippen LogP contribution in [0.2, 0.25) is 5.82 Å². The van der Waals surface area contributed by atoms with Crippen LogP contribution in [0.5, 0.6) is 0 Å². The van der Waals surface area contributed by atoms with Crippen LogP contribution < -0.4 is 11.1 Å². The summed E-state index contributed by atoms with van der Waals surface area (Å²) in [5.41, 5.74) is 2.38. The number of ether oxygens (including phenoxy) is 2. The maximum absolute atomic E-state index is 16.2. The number of carbonyl (C=O) groups excluding carboxylic acids is 3. The Bertz CT molecular complexity index is 1470. The van der Waals surface area contributed by atoms with Crippen molar-refractivity contribution in [3.63, 3.8) is 0 Å². The third-order valence-electron chi connectivity index (χ3n) is 10.6. The molecule has 3 rings (SSSR count). The number of unbranched alkanes of at least 4 members (excludes halogenated alkanes) is 1. The molecule has 12 nitrogen and oxygen atoms in total. The summed E-state index contributed by atoms with van der Waals surface area (Å²) in [5, 5.41) is 24.2. The summed E-state index contributed by atoms with van der Waals surface area (Å²) < 4.78 is 29.5. The van der Waals surface area contributed by atoms with Gasteiger partial charge in [-0.25, -0.2) is 9.18 Å². The first-order valence-corrected chi connectivity index (χ1v) is 17.5. The van der Waals surface area contributed by atoms with E-state index in [1.807, 2.05) is 53.0 Å². The number of nitrogens with zero attached hydrogens (tertiary/aromatic N) is 4. The fourth-order valence-corrected chi connectivity index (χ4v) is 7.18. The molecule has 9 atom stereocenters. The molecule has 1 aliphatic rings. The number of nitrogens with one attached hydrogen (secondary N) is 1. The number of nitrogen functional groups attached to an aromatic ring is 1. The number of cyclic esters (lactones) is 1. The number of aryl methyl sites for hydroxylation is 1. The van der Waals surface area contributed by atoms with E-state index in [9.17, 15) is 19.5 Å². The molecule has 1 aliphatic heterocycles. The monoisotopic (exact) mass is 698 g/mol. The van der Waals surface area contributed by atoms with Gasteiger partial charge in [0.25, 0.3) is 5.67 Å². The lowest BCUT2D eigenvalue weighted by Crippen LogP contribution is -2.65. The summed E-state index contributed by atoms with van der Waals surface area (Å²) in [6.07, 6.45) is 4.28. The van der Waals surface area contributed by atoms with Crippen molar-refractivity contribution < 1.29 is 33.4 Å². The minimum atomic E-state index is -3.00. The highest BCUT2D eigenvalue weighted by molar-refractivity contribution is 6.17. The molecular weight excluding hydrogens is 642 g/mol. The summed E-state index contributed by atoms with van der Waals surface area (Å²) in [5.74, 6) is -3.64. The van der Waals surface area contributed by atoms with Crippen molar-refractivity contribution in [1.82, 2.24) is 25.2 Å². The van der Waals surface area contributed by atoms with Crippen molar-refractivity contribution in [1.29, 1.82) is 0 Å². The predicted octanol–water partition coefficient (Wildman–Crippen LogP) is 3.15. The van der Waals surface area contributed by atoms with Gasteiger partial charge in [0.15, 0.2) is 5.78 Å². The minimum Gasteiger partial charge on any atom is -0.456 e. The highest BCUT2D eigenvalue weighted by atomic mass is 19.1. The molecule has 276 valence electrons.